The van der Waals surface area contributed by atoms with Crippen LogP contribution in [0.5, 0.6) is 0 Å². The Morgan fingerprint density at radius 1 is 1.14 bits per heavy atom. The Hall–Kier alpha value is -0.300. The molecule has 0 spiro atoms. The highest BCUT2D eigenvalue weighted by Crippen LogP contribution is 2.63. The molecule has 8 atom stereocenters. The highest BCUT2D eigenvalue weighted by atomic mass is 16.3. The van der Waals surface area contributed by atoms with Gasteiger partial charge in [0.25, 0.3) is 0 Å². The highest BCUT2D eigenvalue weighted by Gasteiger charge is 2.54. The fourth-order valence-corrected chi connectivity index (χ4v) is 7.13. The Morgan fingerprint density at radius 3 is 2.76 bits per heavy atom. The number of allylic oxidation sites excluding steroid dienone is 2. The molecule has 0 aliphatic heterocycles. The van der Waals surface area contributed by atoms with Crippen LogP contribution in [0.25, 0.3) is 0 Å². The fraction of sp³-hybridized carbons (Fsp3) is 0.900. The summed E-state index contributed by atoms with van der Waals surface area (Å²) in [4.78, 5) is 0. The number of hydrogen-bond acceptors (Lipinski definition) is 1. The third kappa shape index (κ3) is 1.99. The largest absolute Gasteiger partial charge is 0.393 e. The van der Waals surface area contributed by atoms with E-state index in [1.165, 1.54) is 32.1 Å². The van der Waals surface area contributed by atoms with Crippen molar-refractivity contribution >= 4 is 0 Å². The van der Waals surface area contributed by atoms with Crippen LogP contribution in [0.15, 0.2) is 11.6 Å². The molecule has 4 aliphatic rings. The van der Waals surface area contributed by atoms with Crippen molar-refractivity contribution in [3.05, 3.63) is 11.6 Å². The Kier molecular flexibility index (Phi) is 3.30. The van der Waals surface area contributed by atoms with Gasteiger partial charge in [0.2, 0.25) is 0 Å². The number of rotatable bonds is 0. The Labute approximate surface area is 130 Å². The van der Waals surface area contributed by atoms with Gasteiger partial charge in [0.05, 0.1) is 6.10 Å². The Morgan fingerprint density at radius 2 is 1.95 bits per heavy atom. The van der Waals surface area contributed by atoms with Crippen LogP contribution in [0, 0.1) is 40.9 Å². The summed E-state index contributed by atoms with van der Waals surface area (Å²) in [7, 11) is 0. The first-order chi connectivity index (χ1) is 10.0. The smallest absolute Gasteiger partial charge is 0.0545 e. The number of aliphatic hydroxyl groups excluding tert-OH is 1. The molecular weight excluding hydrogens is 256 g/mol. The van der Waals surface area contributed by atoms with Crippen molar-refractivity contribution in [2.24, 2.45) is 40.9 Å². The molecule has 0 heterocycles. The molecule has 0 aromatic carbocycles. The molecule has 1 heteroatoms. The second-order valence-electron chi connectivity index (χ2n) is 9.03. The lowest BCUT2D eigenvalue weighted by Crippen LogP contribution is -2.50. The van der Waals surface area contributed by atoms with Crippen LogP contribution in [0.4, 0.5) is 0 Å². The third-order valence-corrected chi connectivity index (χ3v) is 8.25. The van der Waals surface area contributed by atoms with Gasteiger partial charge in [-0.2, -0.15) is 0 Å². The van der Waals surface area contributed by atoms with E-state index >= 15 is 0 Å². The average Bonchev–Trinajstić information content (AvgIpc) is 2.74. The molecule has 0 amide bonds. The molecule has 4 rings (SSSR count). The molecule has 0 aromatic heterocycles. The average molecular weight is 288 g/mol. The minimum atomic E-state index is -0.0120. The summed E-state index contributed by atoms with van der Waals surface area (Å²) in [5, 5.41) is 10.1. The van der Waals surface area contributed by atoms with Crippen LogP contribution < -0.4 is 0 Å². The van der Waals surface area contributed by atoms with Crippen molar-refractivity contribution in [2.45, 2.75) is 71.8 Å². The van der Waals surface area contributed by atoms with E-state index in [0.717, 1.165) is 48.3 Å². The molecule has 0 bridgehead atoms. The monoisotopic (exact) mass is 288 g/mol. The minimum absolute atomic E-state index is 0.0120. The maximum atomic E-state index is 10.1. The van der Waals surface area contributed by atoms with Crippen molar-refractivity contribution in [1.82, 2.24) is 0 Å². The van der Waals surface area contributed by atoms with Crippen LogP contribution in [0.2, 0.25) is 0 Å². The standard InChI is InChI=1S/C20H32O/c1-12-10-15(21)11-14-5-6-16-17(19(12)14)8-9-20(3)13(2)4-7-18(16)20/h4,12,14-19,21H,5-11H2,1-3H3/t12-,14?,15?,16-,17+,18+,19?,20-/m1/s1. The normalized spacial score (nSPS) is 56.2. The van der Waals surface area contributed by atoms with Gasteiger partial charge in [-0.3, -0.25) is 0 Å². The van der Waals surface area contributed by atoms with E-state index in [1.807, 2.05) is 0 Å². The van der Waals surface area contributed by atoms with Crippen LogP contribution in [0.3, 0.4) is 0 Å². The summed E-state index contributed by atoms with van der Waals surface area (Å²) in [6.07, 6.45) is 11.7. The lowest BCUT2D eigenvalue weighted by Gasteiger charge is -2.57. The van der Waals surface area contributed by atoms with Gasteiger partial charge in [-0.1, -0.05) is 25.5 Å². The quantitative estimate of drug-likeness (QED) is 0.635. The molecule has 1 nitrogen and oxygen atoms in total. The first-order valence-electron chi connectivity index (χ1n) is 9.36. The van der Waals surface area contributed by atoms with E-state index in [9.17, 15) is 5.11 Å². The maximum Gasteiger partial charge on any atom is 0.0545 e. The molecular formula is C20H32O. The van der Waals surface area contributed by atoms with E-state index in [1.54, 1.807) is 5.57 Å². The summed E-state index contributed by atoms with van der Waals surface area (Å²) in [6.45, 7) is 7.35. The van der Waals surface area contributed by atoms with E-state index in [0.29, 0.717) is 5.41 Å². The lowest BCUT2D eigenvalue weighted by molar-refractivity contribution is -0.0854. The molecule has 3 unspecified atom stereocenters. The minimum Gasteiger partial charge on any atom is -0.393 e. The zero-order valence-electron chi connectivity index (χ0n) is 14.0. The summed E-state index contributed by atoms with van der Waals surface area (Å²) in [5.74, 6) is 5.34. The number of fused-ring (bicyclic) bond motifs is 5. The number of aliphatic hydroxyl groups is 1. The predicted molar refractivity (Wildman–Crippen MR) is 86.8 cm³/mol. The molecule has 0 aromatic rings. The Bertz CT molecular complexity index is 453. The van der Waals surface area contributed by atoms with Crippen molar-refractivity contribution in [1.29, 1.82) is 0 Å². The molecule has 21 heavy (non-hydrogen) atoms. The Balaban J connectivity index is 1.60. The van der Waals surface area contributed by atoms with Crippen LogP contribution in [-0.4, -0.2) is 11.2 Å². The molecule has 0 saturated heterocycles. The van der Waals surface area contributed by atoms with Crippen molar-refractivity contribution in [3.63, 3.8) is 0 Å². The van der Waals surface area contributed by atoms with Gasteiger partial charge in [0.1, 0.15) is 0 Å². The molecule has 1 N–H and O–H groups in total. The molecule has 118 valence electrons. The van der Waals surface area contributed by atoms with E-state index < -0.39 is 0 Å². The second kappa shape index (κ2) is 4.85. The first kappa shape index (κ1) is 14.3. The van der Waals surface area contributed by atoms with Crippen LogP contribution in [-0.2, 0) is 0 Å². The van der Waals surface area contributed by atoms with Crippen molar-refractivity contribution < 1.29 is 5.11 Å². The van der Waals surface area contributed by atoms with Gasteiger partial charge >= 0.3 is 0 Å². The van der Waals surface area contributed by atoms with Crippen LogP contribution >= 0.6 is 0 Å². The molecule has 4 aliphatic carbocycles. The summed E-state index contributed by atoms with van der Waals surface area (Å²) < 4.78 is 0. The highest BCUT2D eigenvalue weighted by molar-refractivity contribution is 5.23. The molecule has 0 radical (unpaired) electrons. The van der Waals surface area contributed by atoms with Gasteiger partial charge in [-0.15, -0.1) is 0 Å². The zero-order chi connectivity index (χ0) is 14.8. The van der Waals surface area contributed by atoms with Crippen molar-refractivity contribution in [2.75, 3.05) is 0 Å². The molecule has 3 saturated carbocycles. The predicted octanol–water partition coefficient (Wildman–Crippen LogP) is 4.80. The number of hydrogen-bond donors (Lipinski definition) is 1. The second-order valence-corrected chi connectivity index (χ2v) is 9.03. The van der Waals surface area contributed by atoms with E-state index in [2.05, 4.69) is 26.8 Å². The SMILES string of the molecule is CC1=CC[C@H]2[C@@H]3CCC4CC(O)C[C@@H](C)C4[C@H]3CC[C@]12C. The summed E-state index contributed by atoms with van der Waals surface area (Å²) >= 11 is 0. The topological polar surface area (TPSA) is 20.2 Å². The van der Waals surface area contributed by atoms with Crippen LogP contribution in [0.1, 0.15) is 65.7 Å². The van der Waals surface area contributed by atoms with Gasteiger partial charge in [0.15, 0.2) is 0 Å². The van der Waals surface area contributed by atoms with Gasteiger partial charge < -0.3 is 5.11 Å². The lowest BCUT2D eigenvalue weighted by atomic mass is 9.48. The van der Waals surface area contributed by atoms with E-state index in [-0.39, 0.29) is 6.10 Å². The van der Waals surface area contributed by atoms with Crippen molar-refractivity contribution in [3.8, 4) is 0 Å². The van der Waals surface area contributed by atoms with E-state index in [4.69, 9.17) is 0 Å². The van der Waals surface area contributed by atoms with Gasteiger partial charge in [-0.05, 0) is 92.8 Å². The summed E-state index contributed by atoms with van der Waals surface area (Å²) in [6, 6.07) is 0. The van der Waals surface area contributed by atoms with Gasteiger partial charge in [0, 0.05) is 0 Å². The molecule has 3 fully saturated rings. The summed E-state index contributed by atoms with van der Waals surface area (Å²) in [5.41, 5.74) is 2.20. The van der Waals surface area contributed by atoms with Gasteiger partial charge in [-0.25, -0.2) is 0 Å². The third-order valence-electron chi connectivity index (χ3n) is 8.25. The first-order valence-corrected chi connectivity index (χ1v) is 9.36. The fourth-order valence-electron chi connectivity index (χ4n) is 7.13. The maximum absolute atomic E-state index is 10.1. The zero-order valence-corrected chi connectivity index (χ0v) is 14.0.